The number of hydrogen-bond acceptors (Lipinski definition) is 3. The molecule has 0 aliphatic heterocycles. The Hall–Kier alpha value is -1.71. The van der Waals surface area contributed by atoms with Crippen LogP contribution in [-0.4, -0.2) is 11.3 Å². The molecule has 0 saturated carbocycles. The molecule has 0 N–H and O–H groups in total. The van der Waals surface area contributed by atoms with Gasteiger partial charge in [0.25, 0.3) is 0 Å². The number of aromatic nitrogens is 1. The van der Waals surface area contributed by atoms with Crippen LogP contribution in [0.15, 0.2) is 42.5 Å². The summed E-state index contributed by atoms with van der Waals surface area (Å²) in [6, 6.07) is 13.1. The normalized spacial score (nSPS) is 10.7. The molecule has 3 aromatic rings. The summed E-state index contributed by atoms with van der Waals surface area (Å²) in [7, 11) is 0. The minimum atomic E-state index is 0.657. The van der Waals surface area contributed by atoms with E-state index in [1.807, 2.05) is 36.4 Å². The molecule has 0 saturated heterocycles. The van der Waals surface area contributed by atoms with E-state index in [-0.39, 0.29) is 0 Å². The zero-order valence-electron chi connectivity index (χ0n) is 9.26. The third-order valence-electron chi connectivity index (χ3n) is 2.62. The SMILES string of the molecule is O=Cc1cccc(-c2nc3ccc(Cl)cc3s2)c1. The van der Waals surface area contributed by atoms with E-state index in [4.69, 9.17) is 11.6 Å². The lowest BCUT2D eigenvalue weighted by Crippen LogP contribution is -1.81. The summed E-state index contributed by atoms with van der Waals surface area (Å²) in [5, 5.41) is 1.61. The third kappa shape index (κ3) is 2.03. The maximum Gasteiger partial charge on any atom is 0.150 e. The van der Waals surface area contributed by atoms with Crippen LogP contribution in [0.25, 0.3) is 20.8 Å². The van der Waals surface area contributed by atoms with E-state index in [0.717, 1.165) is 27.1 Å². The third-order valence-corrected chi connectivity index (χ3v) is 3.92. The molecule has 1 heterocycles. The Balaban J connectivity index is 2.15. The fraction of sp³-hybridized carbons (Fsp3) is 0. The van der Waals surface area contributed by atoms with Crippen molar-refractivity contribution in [2.24, 2.45) is 0 Å². The standard InChI is InChI=1S/C14H8ClNOS/c15-11-4-5-12-13(7-11)18-14(16-12)10-3-1-2-9(6-10)8-17/h1-8H. The quantitative estimate of drug-likeness (QED) is 0.647. The Morgan fingerprint density at radius 1 is 1.17 bits per heavy atom. The molecule has 3 rings (SSSR count). The first-order valence-electron chi connectivity index (χ1n) is 5.38. The molecule has 1 aromatic heterocycles. The van der Waals surface area contributed by atoms with E-state index in [0.29, 0.717) is 10.6 Å². The molecule has 0 unspecified atom stereocenters. The summed E-state index contributed by atoms with van der Waals surface area (Å²) in [5.41, 5.74) is 2.54. The van der Waals surface area contributed by atoms with Gasteiger partial charge in [-0.1, -0.05) is 29.8 Å². The zero-order chi connectivity index (χ0) is 12.5. The second kappa shape index (κ2) is 4.52. The molecule has 18 heavy (non-hydrogen) atoms. The van der Waals surface area contributed by atoms with Crippen LogP contribution in [0.1, 0.15) is 10.4 Å². The predicted octanol–water partition coefficient (Wildman–Crippen LogP) is 4.43. The minimum Gasteiger partial charge on any atom is -0.298 e. The Labute approximate surface area is 113 Å². The fourth-order valence-electron chi connectivity index (χ4n) is 1.77. The van der Waals surface area contributed by atoms with Gasteiger partial charge in [0.15, 0.2) is 0 Å². The average Bonchev–Trinajstić information content (AvgIpc) is 2.81. The van der Waals surface area contributed by atoms with Crippen molar-refractivity contribution in [3.63, 3.8) is 0 Å². The topological polar surface area (TPSA) is 30.0 Å². The maximum atomic E-state index is 10.8. The summed E-state index contributed by atoms with van der Waals surface area (Å²) in [4.78, 5) is 15.3. The van der Waals surface area contributed by atoms with Gasteiger partial charge in [-0.25, -0.2) is 4.98 Å². The fourth-order valence-corrected chi connectivity index (χ4v) is 3.00. The van der Waals surface area contributed by atoms with Crippen LogP contribution >= 0.6 is 22.9 Å². The molecule has 2 aromatic carbocycles. The van der Waals surface area contributed by atoms with Crippen molar-refractivity contribution in [3.8, 4) is 10.6 Å². The number of aldehydes is 1. The Kier molecular flexibility index (Phi) is 2.86. The van der Waals surface area contributed by atoms with Crippen molar-refractivity contribution in [2.45, 2.75) is 0 Å². The van der Waals surface area contributed by atoms with Crippen molar-refractivity contribution < 1.29 is 4.79 Å². The number of carbonyl (C=O) groups is 1. The van der Waals surface area contributed by atoms with Gasteiger partial charge in [-0.3, -0.25) is 4.79 Å². The van der Waals surface area contributed by atoms with Gasteiger partial charge in [0.05, 0.1) is 10.2 Å². The first-order chi connectivity index (χ1) is 8.76. The lowest BCUT2D eigenvalue weighted by molar-refractivity contribution is 0.112. The van der Waals surface area contributed by atoms with Crippen molar-refractivity contribution in [1.82, 2.24) is 4.98 Å². The molecule has 0 amide bonds. The van der Waals surface area contributed by atoms with Crippen molar-refractivity contribution in [2.75, 3.05) is 0 Å². The molecule has 88 valence electrons. The first-order valence-corrected chi connectivity index (χ1v) is 6.57. The Bertz CT molecular complexity index is 735. The monoisotopic (exact) mass is 273 g/mol. The van der Waals surface area contributed by atoms with Crippen LogP contribution in [0, 0.1) is 0 Å². The molecular weight excluding hydrogens is 266 g/mol. The highest BCUT2D eigenvalue weighted by Crippen LogP contribution is 2.31. The second-order valence-electron chi connectivity index (χ2n) is 3.87. The highest BCUT2D eigenvalue weighted by molar-refractivity contribution is 7.21. The molecular formula is C14H8ClNOS. The van der Waals surface area contributed by atoms with Gasteiger partial charge in [0, 0.05) is 16.1 Å². The molecule has 0 bridgehead atoms. The summed E-state index contributed by atoms with van der Waals surface area (Å²) in [5.74, 6) is 0. The average molecular weight is 274 g/mol. The van der Waals surface area contributed by atoms with Gasteiger partial charge in [-0.2, -0.15) is 0 Å². The summed E-state index contributed by atoms with van der Waals surface area (Å²) in [6.07, 6.45) is 0.841. The Morgan fingerprint density at radius 2 is 2.06 bits per heavy atom. The van der Waals surface area contributed by atoms with Crippen LogP contribution in [0.5, 0.6) is 0 Å². The van der Waals surface area contributed by atoms with Crippen LogP contribution < -0.4 is 0 Å². The number of halogens is 1. The second-order valence-corrected chi connectivity index (χ2v) is 5.34. The first kappa shape index (κ1) is 11.4. The van der Waals surface area contributed by atoms with E-state index in [1.165, 1.54) is 0 Å². The van der Waals surface area contributed by atoms with Crippen molar-refractivity contribution in [1.29, 1.82) is 0 Å². The Morgan fingerprint density at radius 3 is 2.89 bits per heavy atom. The van der Waals surface area contributed by atoms with Crippen molar-refractivity contribution >= 4 is 39.4 Å². The van der Waals surface area contributed by atoms with E-state index in [9.17, 15) is 4.79 Å². The number of nitrogens with zero attached hydrogens (tertiary/aromatic N) is 1. The number of thiazole rings is 1. The maximum absolute atomic E-state index is 10.8. The lowest BCUT2D eigenvalue weighted by Gasteiger charge is -1.96. The highest BCUT2D eigenvalue weighted by atomic mass is 35.5. The molecule has 0 spiro atoms. The van der Waals surface area contributed by atoms with E-state index in [2.05, 4.69) is 4.98 Å². The minimum absolute atomic E-state index is 0.657. The summed E-state index contributed by atoms with van der Waals surface area (Å²) < 4.78 is 1.05. The largest absolute Gasteiger partial charge is 0.298 e. The van der Waals surface area contributed by atoms with Crippen LogP contribution in [0.4, 0.5) is 0 Å². The van der Waals surface area contributed by atoms with Crippen LogP contribution in [0.3, 0.4) is 0 Å². The van der Waals surface area contributed by atoms with Crippen LogP contribution in [-0.2, 0) is 0 Å². The molecule has 4 heteroatoms. The van der Waals surface area contributed by atoms with Gasteiger partial charge < -0.3 is 0 Å². The molecule has 0 atom stereocenters. The smallest absolute Gasteiger partial charge is 0.150 e. The van der Waals surface area contributed by atoms with E-state index in [1.54, 1.807) is 17.4 Å². The molecule has 0 fully saturated rings. The molecule has 2 nitrogen and oxygen atoms in total. The molecule has 0 aliphatic rings. The lowest BCUT2D eigenvalue weighted by atomic mass is 10.1. The predicted molar refractivity (Wildman–Crippen MR) is 75.5 cm³/mol. The zero-order valence-corrected chi connectivity index (χ0v) is 10.8. The van der Waals surface area contributed by atoms with Crippen molar-refractivity contribution in [3.05, 3.63) is 53.1 Å². The van der Waals surface area contributed by atoms with Gasteiger partial charge in [-0.05, 0) is 24.3 Å². The van der Waals surface area contributed by atoms with E-state index < -0.39 is 0 Å². The van der Waals surface area contributed by atoms with Gasteiger partial charge in [-0.15, -0.1) is 11.3 Å². The molecule has 0 radical (unpaired) electrons. The van der Waals surface area contributed by atoms with Gasteiger partial charge in [0.2, 0.25) is 0 Å². The number of hydrogen-bond donors (Lipinski definition) is 0. The number of carbonyl (C=O) groups excluding carboxylic acids is 1. The van der Waals surface area contributed by atoms with Crippen LogP contribution in [0.2, 0.25) is 5.02 Å². The molecule has 0 aliphatic carbocycles. The van der Waals surface area contributed by atoms with E-state index >= 15 is 0 Å². The number of fused-ring (bicyclic) bond motifs is 1. The van der Waals surface area contributed by atoms with Gasteiger partial charge >= 0.3 is 0 Å². The van der Waals surface area contributed by atoms with Gasteiger partial charge in [0.1, 0.15) is 11.3 Å². The summed E-state index contributed by atoms with van der Waals surface area (Å²) >= 11 is 7.53. The highest BCUT2D eigenvalue weighted by Gasteiger charge is 2.07. The summed E-state index contributed by atoms with van der Waals surface area (Å²) in [6.45, 7) is 0. The number of rotatable bonds is 2. The number of benzene rings is 2.